The fourth-order valence-electron chi connectivity index (χ4n) is 3.91. The third-order valence-electron chi connectivity index (χ3n) is 5.56. The van der Waals surface area contributed by atoms with Crippen LogP contribution in [0.5, 0.6) is 0 Å². The highest BCUT2D eigenvalue weighted by Crippen LogP contribution is 2.30. The van der Waals surface area contributed by atoms with E-state index in [-0.39, 0.29) is 32.0 Å². The molecule has 3 aromatic carbocycles. The Morgan fingerprint density at radius 3 is 2.23 bits per heavy atom. The molecule has 4 aromatic rings. The highest BCUT2D eigenvalue weighted by Gasteiger charge is 2.23. The van der Waals surface area contributed by atoms with Crippen LogP contribution in [-0.4, -0.2) is 27.3 Å². The molecule has 3 amide bonds. The van der Waals surface area contributed by atoms with E-state index in [1.54, 1.807) is 88.4 Å². The number of carbonyl (C=O) groups is 2. The zero-order chi connectivity index (χ0) is 29.2. The van der Waals surface area contributed by atoms with Gasteiger partial charge in [0.25, 0.3) is 5.56 Å². The lowest BCUT2D eigenvalue weighted by Crippen LogP contribution is -2.37. The maximum Gasteiger partial charge on any atom is 0.408 e. The quantitative estimate of drug-likeness (QED) is 0.218. The van der Waals surface area contributed by atoms with Gasteiger partial charge in [-0.3, -0.25) is 9.36 Å². The minimum absolute atomic E-state index is 0.210. The van der Waals surface area contributed by atoms with E-state index in [1.165, 1.54) is 4.57 Å². The number of ether oxygens (including phenoxy) is 1. The van der Waals surface area contributed by atoms with Crippen LogP contribution in [0.15, 0.2) is 65.5 Å². The molecule has 0 saturated carbocycles. The molecule has 0 aliphatic rings. The largest absolute Gasteiger partial charge is 0.444 e. The summed E-state index contributed by atoms with van der Waals surface area (Å²) in [7, 11) is 0. The van der Waals surface area contributed by atoms with Gasteiger partial charge in [0.2, 0.25) is 0 Å². The van der Waals surface area contributed by atoms with Crippen molar-refractivity contribution in [3.05, 3.63) is 91.9 Å². The minimum atomic E-state index is -0.742. The third kappa shape index (κ3) is 6.67. The van der Waals surface area contributed by atoms with Gasteiger partial charge in [-0.25, -0.2) is 14.6 Å². The van der Waals surface area contributed by atoms with E-state index < -0.39 is 29.3 Å². The first-order valence-electron chi connectivity index (χ1n) is 12.2. The average Bonchev–Trinajstić information content (AvgIpc) is 2.85. The summed E-state index contributed by atoms with van der Waals surface area (Å²) in [5, 5.41) is 9.06. The van der Waals surface area contributed by atoms with E-state index in [2.05, 4.69) is 20.9 Å². The molecule has 0 saturated heterocycles. The molecule has 40 heavy (non-hydrogen) atoms. The van der Waals surface area contributed by atoms with Gasteiger partial charge >= 0.3 is 12.1 Å². The number of hydrogen-bond donors (Lipinski definition) is 3. The van der Waals surface area contributed by atoms with Gasteiger partial charge in [0.15, 0.2) is 0 Å². The maximum absolute atomic E-state index is 13.8. The topological polar surface area (TPSA) is 114 Å². The number of para-hydroxylation sites is 1. The molecule has 1 aromatic heterocycles. The van der Waals surface area contributed by atoms with Crippen LogP contribution >= 0.6 is 34.8 Å². The smallest absolute Gasteiger partial charge is 0.408 e. The van der Waals surface area contributed by atoms with Crippen molar-refractivity contribution in [3.8, 4) is 5.69 Å². The van der Waals surface area contributed by atoms with E-state index in [0.717, 1.165) is 0 Å². The number of aromatic nitrogens is 2. The van der Waals surface area contributed by atoms with Crippen LogP contribution in [0.3, 0.4) is 0 Å². The highest BCUT2D eigenvalue weighted by molar-refractivity contribution is 6.39. The van der Waals surface area contributed by atoms with E-state index in [0.29, 0.717) is 16.9 Å². The number of carbonyl (C=O) groups excluding carboxylic acids is 2. The lowest BCUT2D eigenvalue weighted by Gasteiger charge is -2.23. The molecule has 0 spiro atoms. The Balaban J connectivity index is 1.73. The van der Waals surface area contributed by atoms with Crippen LogP contribution in [0.4, 0.5) is 21.0 Å². The van der Waals surface area contributed by atoms with E-state index in [4.69, 9.17) is 39.5 Å². The Bertz CT molecular complexity index is 1650. The molecule has 0 bridgehead atoms. The highest BCUT2D eigenvalue weighted by atomic mass is 35.5. The SMILES string of the molecule is C[C@H](NC(=O)OC(C)(C)C)c1nc2cccc(Cl)c2c(=O)n1-c1cccc(NC(=O)Nc2c(Cl)cccc2Cl)c1. The van der Waals surface area contributed by atoms with Gasteiger partial charge in [0.1, 0.15) is 11.4 Å². The van der Waals surface area contributed by atoms with Gasteiger partial charge in [-0.15, -0.1) is 0 Å². The number of halogens is 3. The zero-order valence-corrected chi connectivity index (χ0v) is 24.3. The number of fused-ring (bicyclic) bond motifs is 1. The molecule has 3 N–H and O–H groups in total. The standard InChI is InChI=1S/C28H26Cl3N5O4/c1-15(32-27(39)40-28(2,3)4)24-34-21-13-7-10-18(29)22(21)25(37)36(24)17-9-5-8-16(14-17)33-26(38)35-23-19(30)11-6-12-20(23)31/h5-15H,1-4H3,(H,32,39)(H2,33,35,38)/t15-/m0/s1. The van der Waals surface area contributed by atoms with Crippen molar-refractivity contribution in [3.63, 3.8) is 0 Å². The second-order valence-corrected chi connectivity index (χ2v) is 11.1. The zero-order valence-electron chi connectivity index (χ0n) is 22.0. The molecule has 4 rings (SSSR count). The van der Waals surface area contributed by atoms with Crippen molar-refractivity contribution < 1.29 is 14.3 Å². The van der Waals surface area contributed by atoms with Crippen molar-refractivity contribution in [1.29, 1.82) is 0 Å². The number of urea groups is 1. The lowest BCUT2D eigenvalue weighted by molar-refractivity contribution is 0.0505. The normalized spacial score (nSPS) is 12.1. The van der Waals surface area contributed by atoms with E-state index in [9.17, 15) is 14.4 Å². The van der Waals surface area contributed by atoms with Gasteiger partial charge < -0.3 is 20.7 Å². The van der Waals surface area contributed by atoms with Gasteiger partial charge in [0.05, 0.1) is 43.4 Å². The van der Waals surface area contributed by atoms with Crippen LogP contribution in [0, 0.1) is 0 Å². The van der Waals surface area contributed by atoms with Crippen LogP contribution in [0.2, 0.25) is 15.1 Å². The van der Waals surface area contributed by atoms with Gasteiger partial charge in [-0.1, -0.05) is 53.0 Å². The molecular formula is C28H26Cl3N5O4. The van der Waals surface area contributed by atoms with Crippen molar-refractivity contribution in [2.75, 3.05) is 10.6 Å². The number of amides is 3. The Hall–Kier alpha value is -3.79. The molecule has 0 fully saturated rings. The van der Waals surface area contributed by atoms with Gasteiger partial charge in [0, 0.05) is 5.69 Å². The Morgan fingerprint density at radius 1 is 0.925 bits per heavy atom. The summed E-state index contributed by atoms with van der Waals surface area (Å²) < 4.78 is 6.72. The molecule has 0 aliphatic carbocycles. The fraction of sp³-hybridized carbons (Fsp3) is 0.214. The molecule has 0 aliphatic heterocycles. The summed E-state index contributed by atoms with van der Waals surface area (Å²) in [6, 6.07) is 15.0. The van der Waals surface area contributed by atoms with Crippen molar-refractivity contribution in [1.82, 2.24) is 14.9 Å². The van der Waals surface area contributed by atoms with Crippen LogP contribution in [-0.2, 0) is 4.74 Å². The molecule has 0 radical (unpaired) electrons. The number of rotatable bonds is 5. The van der Waals surface area contributed by atoms with Crippen molar-refractivity contribution in [2.45, 2.75) is 39.3 Å². The van der Waals surface area contributed by atoms with Crippen LogP contribution in [0.25, 0.3) is 16.6 Å². The number of anilines is 2. The predicted molar refractivity (Wildman–Crippen MR) is 159 cm³/mol. The summed E-state index contributed by atoms with van der Waals surface area (Å²) in [6.45, 7) is 6.93. The van der Waals surface area contributed by atoms with Crippen molar-refractivity contribution >= 4 is 69.2 Å². The minimum Gasteiger partial charge on any atom is -0.444 e. The number of hydrogen-bond acceptors (Lipinski definition) is 5. The molecule has 1 heterocycles. The van der Waals surface area contributed by atoms with Crippen LogP contribution in [0.1, 0.15) is 39.6 Å². The summed E-state index contributed by atoms with van der Waals surface area (Å²) in [5.74, 6) is 0.232. The third-order valence-corrected chi connectivity index (χ3v) is 6.50. The molecule has 12 heteroatoms. The number of nitrogens with zero attached hydrogens (tertiary/aromatic N) is 2. The second-order valence-electron chi connectivity index (χ2n) is 9.84. The molecule has 0 unspecified atom stereocenters. The second kappa shape index (κ2) is 11.8. The molecule has 9 nitrogen and oxygen atoms in total. The molecule has 1 atom stereocenters. The average molecular weight is 603 g/mol. The van der Waals surface area contributed by atoms with Gasteiger partial charge in [-0.05, 0) is 70.2 Å². The number of benzene rings is 3. The lowest BCUT2D eigenvalue weighted by atomic mass is 10.2. The summed E-state index contributed by atoms with van der Waals surface area (Å²) in [4.78, 5) is 43.7. The fourth-order valence-corrected chi connectivity index (χ4v) is 4.65. The summed E-state index contributed by atoms with van der Waals surface area (Å²) in [5.41, 5.74) is 0.194. The number of nitrogens with one attached hydrogen (secondary N) is 3. The Kier molecular flexibility index (Phi) is 8.58. The Morgan fingerprint density at radius 2 is 1.55 bits per heavy atom. The maximum atomic E-state index is 13.8. The first kappa shape index (κ1) is 29.2. The van der Waals surface area contributed by atoms with Gasteiger partial charge in [-0.2, -0.15) is 0 Å². The monoisotopic (exact) mass is 601 g/mol. The molecular weight excluding hydrogens is 577 g/mol. The van der Waals surface area contributed by atoms with E-state index in [1.807, 2.05) is 0 Å². The summed E-state index contributed by atoms with van der Waals surface area (Å²) >= 11 is 18.7. The first-order valence-corrected chi connectivity index (χ1v) is 13.3. The number of alkyl carbamates (subject to hydrolysis) is 1. The Labute approximate surface area is 245 Å². The molecule has 208 valence electrons. The van der Waals surface area contributed by atoms with Crippen molar-refractivity contribution in [2.24, 2.45) is 0 Å². The summed E-state index contributed by atoms with van der Waals surface area (Å²) in [6.07, 6.45) is -0.669. The van der Waals surface area contributed by atoms with Crippen LogP contribution < -0.4 is 21.5 Å². The first-order chi connectivity index (χ1) is 18.8. The predicted octanol–water partition coefficient (Wildman–Crippen LogP) is 7.58. The van der Waals surface area contributed by atoms with E-state index >= 15 is 0 Å².